The number of carbonyl (C=O) groups excluding carboxylic acids is 1. The molecule has 0 bridgehead atoms. The summed E-state index contributed by atoms with van der Waals surface area (Å²) in [6, 6.07) is 14.5. The molecular weight excluding hydrogens is 516 g/mol. The van der Waals surface area contributed by atoms with Crippen molar-refractivity contribution in [1.29, 1.82) is 0 Å². The third-order valence-corrected chi connectivity index (χ3v) is 8.49. The monoisotopic (exact) mass is 550 g/mol. The lowest BCUT2D eigenvalue weighted by Gasteiger charge is -2.32. The van der Waals surface area contributed by atoms with E-state index in [2.05, 4.69) is 61.3 Å². The van der Waals surface area contributed by atoms with Crippen LogP contribution >= 0.6 is 23.4 Å². The van der Waals surface area contributed by atoms with Gasteiger partial charge in [-0.1, -0.05) is 35.9 Å². The normalized spacial score (nSPS) is 17.2. The zero-order chi connectivity index (χ0) is 26.7. The van der Waals surface area contributed by atoms with Crippen molar-refractivity contribution in [2.24, 2.45) is 0 Å². The van der Waals surface area contributed by atoms with Gasteiger partial charge in [0.1, 0.15) is 5.02 Å². The number of likely N-dealkylation sites (tertiary alicyclic amines) is 1. The Kier molecular flexibility index (Phi) is 8.12. The number of carbonyl (C=O) groups is 1. The highest BCUT2D eigenvalue weighted by Gasteiger charge is 2.39. The number of nitrogens with zero attached hydrogens (tertiary/aromatic N) is 3. The van der Waals surface area contributed by atoms with Gasteiger partial charge in [-0.2, -0.15) is 16.7 Å². The largest absolute Gasteiger partial charge is 0.365 e. The van der Waals surface area contributed by atoms with Crippen molar-refractivity contribution in [2.45, 2.75) is 44.6 Å². The fraction of sp³-hybridized carbons (Fsp3) is 0.414. The van der Waals surface area contributed by atoms with Crippen LogP contribution in [0.3, 0.4) is 0 Å². The topological polar surface area (TPSA) is 82.2 Å². The van der Waals surface area contributed by atoms with Crippen LogP contribution in [0.1, 0.15) is 49.3 Å². The number of hydrogen-bond acceptors (Lipinski definition) is 7. The van der Waals surface area contributed by atoms with Crippen LogP contribution in [0.5, 0.6) is 0 Å². The average molecular weight is 551 g/mol. The van der Waals surface area contributed by atoms with Crippen LogP contribution in [-0.2, 0) is 16.8 Å². The Bertz CT molecular complexity index is 1290. The van der Waals surface area contributed by atoms with E-state index >= 15 is 0 Å². The highest BCUT2D eigenvalue weighted by molar-refractivity contribution is 7.98. The van der Waals surface area contributed by atoms with Gasteiger partial charge in [-0.3, -0.25) is 4.79 Å². The number of halogens is 1. The first-order chi connectivity index (χ1) is 18.3. The Balaban J connectivity index is 1.22. The van der Waals surface area contributed by atoms with Gasteiger partial charge in [0.2, 0.25) is 11.9 Å². The molecule has 200 valence electrons. The van der Waals surface area contributed by atoms with E-state index in [4.69, 9.17) is 11.6 Å². The molecule has 0 radical (unpaired) electrons. The molecule has 2 aliphatic heterocycles. The molecule has 1 amide bonds. The van der Waals surface area contributed by atoms with E-state index in [1.54, 1.807) is 6.20 Å². The van der Waals surface area contributed by atoms with Crippen LogP contribution in [0.25, 0.3) is 0 Å². The number of amides is 1. The highest BCUT2D eigenvalue weighted by atomic mass is 35.5. The van der Waals surface area contributed by atoms with E-state index in [0.717, 1.165) is 22.5 Å². The van der Waals surface area contributed by atoms with E-state index in [9.17, 15) is 4.79 Å². The molecule has 0 spiro atoms. The lowest BCUT2D eigenvalue weighted by atomic mass is 9.83. The number of aromatic nitrogens is 2. The van der Waals surface area contributed by atoms with Crippen molar-refractivity contribution < 1.29 is 4.79 Å². The summed E-state index contributed by atoms with van der Waals surface area (Å²) in [7, 11) is 0. The van der Waals surface area contributed by atoms with Gasteiger partial charge >= 0.3 is 0 Å². The maximum Gasteiger partial charge on any atom is 0.234 e. The van der Waals surface area contributed by atoms with Gasteiger partial charge in [0.05, 0.1) is 11.6 Å². The third kappa shape index (κ3) is 5.77. The molecule has 3 aromatic rings. The summed E-state index contributed by atoms with van der Waals surface area (Å²) in [6.45, 7) is 7.92. The fourth-order valence-corrected chi connectivity index (χ4v) is 5.99. The Morgan fingerprint density at radius 3 is 2.66 bits per heavy atom. The molecule has 0 unspecified atom stereocenters. The van der Waals surface area contributed by atoms with Gasteiger partial charge in [0.25, 0.3) is 0 Å². The Morgan fingerprint density at radius 1 is 1.16 bits per heavy atom. The van der Waals surface area contributed by atoms with Crippen LogP contribution in [-0.4, -0.2) is 52.4 Å². The van der Waals surface area contributed by atoms with Crippen molar-refractivity contribution >= 4 is 52.4 Å². The first kappa shape index (κ1) is 26.8. The molecular formula is C29H35ClN6OS. The van der Waals surface area contributed by atoms with E-state index in [-0.39, 0.29) is 5.91 Å². The zero-order valence-corrected chi connectivity index (χ0v) is 23.8. The summed E-state index contributed by atoms with van der Waals surface area (Å²) < 4.78 is 0. The van der Waals surface area contributed by atoms with Crippen molar-refractivity contribution in [3.8, 4) is 0 Å². The number of nitrogens with one attached hydrogen (secondary N) is 3. The summed E-state index contributed by atoms with van der Waals surface area (Å²) >= 11 is 8.34. The van der Waals surface area contributed by atoms with E-state index in [1.165, 1.54) is 43.8 Å². The van der Waals surface area contributed by atoms with Crippen LogP contribution in [0.2, 0.25) is 5.02 Å². The fourth-order valence-electron chi connectivity index (χ4n) is 5.39. The molecule has 3 heterocycles. The van der Waals surface area contributed by atoms with Gasteiger partial charge in [-0.25, -0.2) is 4.98 Å². The predicted molar refractivity (Wildman–Crippen MR) is 159 cm³/mol. The molecule has 1 aromatic heterocycles. The Hall–Kier alpha value is -2.81. The van der Waals surface area contributed by atoms with Crippen molar-refractivity contribution in [2.75, 3.05) is 47.6 Å². The molecule has 2 aromatic carbocycles. The van der Waals surface area contributed by atoms with Crippen LogP contribution in [0, 0.1) is 0 Å². The summed E-state index contributed by atoms with van der Waals surface area (Å²) in [5, 5.41) is 10.1. The third-order valence-electron chi connectivity index (χ3n) is 7.62. The van der Waals surface area contributed by atoms with Crippen molar-refractivity contribution in [3.63, 3.8) is 0 Å². The molecule has 1 saturated heterocycles. The minimum Gasteiger partial charge on any atom is -0.365 e. The van der Waals surface area contributed by atoms with Gasteiger partial charge in [0.15, 0.2) is 5.82 Å². The number of piperidine rings is 1. The SMILES string of the molecule is CSCCN1CCC(c2ccc(Nc3ncc(Cl)c(NCc4cccc5c4C(C)(C)C(=O)N5)n3)cc2)CC1. The van der Waals surface area contributed by atoms with E-state index in [1.807, 2.05) is 43.8 Å². The van der Waals surface area contributed by atoms with Crippen molar-refractivity contribution in [3.05, 3.63) is 70.4 Å². The van der Waals surface area contributed by atoms with Gasteiger partial charge in [0, 0.05) is 30.2 Å². The lowest BCUT2D eigenvalue weighted by Crippen LogP contribution is -2.34. The quantitative estimate of drug-likeness (QED) is 0.290. The zero-order valence-electron chi connectivity index (χ0n) is 22.2. The minimum absolute atomic E-state index is 0.00846. The molecule has 0 atom stereocenters. The average Bonchev–Trinajstić information content (AvgIpc) is 3.16. The van der Waals surface area contributed by atoms with Crippen LogP contribution in [0.4, 0.5) is 23.1 Å². The first-order valence-electron chi connectivity index (χ1n) is 13.1. The predicted octanol–water partition coefficient (Wildman–Crippen LogP) is 6.26. The van der Waals surface area contributed by atoms with Crippen LogP contribution in [0.15, 0.2) is 48.7 Å². The molecule has 1 fully saturated rings. The maximum atomic E-state index is 12.4. The second kappa shape index (κ2) is 11.5. The summed E-state index contributed by atoms with van der Waals surface area (Å²) in [6.07, 6.45) is 6.20. The van der Waals surface area contributed by atoms with Crippen molar-refractivity contribution in [1.82, 2.24) is 14.9 Å². The van der Waals surface area contributed by atoms with Gasteiger partial charge < -0.3 is 20.9 Å². The summed E-state index contributed by atoms with van der Waals surface area (Å²) in [5.74, 6) is 2.85. The second-order valence-corrected chi connectivity index (χ2v) is 11.9. The molecule has 3 N–H and O–H groups in total. The number of hydrogen-bond donors (Lipinski definition) is 3. The number of thioether (sulfide) groups is 1. The minimum atomic E-state index is -0.590. The van der Waals surface area contributed by atoms with E-state index < -0.39 is 5.41 Å². The molecule has 38 heavy (non-hydrogen) atoms. The molecule has 0 saturated carbocycles. The smallest absolute Gasteiger partial charge is 0.234 e. The molecule has 7 nitrogen and oxygen atoms in total. The standard InChI is InChI=1S/C29H35ClN6OS/c1-29(2)25-21(5-4-6-24(25)34-27(29)37)17-31-26-23(30)18-32-28(35-26)33-22-9-7-19(8-10-22)20-11-13-36(14-12-20)15-16-38-3/h4-10,18,20H,11-17H2,1-3H3,(H,34,37)(H2,31,32,33,35). The number of fused-ring (bicyclic) bond motifs is 1. The van der Waals surface area contributed by atoms with Gasteiger partial charge in [-0.15, -0.1) is 0 Å². The van der Waals surface area contributed by atoms with Crippen LogP contribution < -0.4 is 16.0 Å². The highest BCUT2D eigenvalue weighted by Crippen LogP contribution is 2.40. The first-order valence-corrected chi connectivity index (χ1v) is 14.9. The van der Waals surface area contributed by atoms with E-state index in [0.29, 0.717) is 29.3 Å². The van der Waals surface area contributed by atoms with Gasteiger partial charge in [-0.05, 0) is 86.8 Å². The lowest BCUT2D eigenvalue weighted by molar-refractivity contribution is -0.119. The molecule has 9 heteroatoms. The Labute approximate surface area is 234 Å². The summed E-state index contributed by atoms with van der Waals surface area (Å²) in [4.78, 5) is 24.0. The molecule has 0 aliphatic carbocycles. The second-order valence-electron chi connectivity index (χ2n) is 10.5. The Morgan fingerprint density at radius 2 is 1.92 bits per heavy atom. The molecule has 2 aliphatic rings. The molecule has 5 rings (SSSR count). The number of benzene rings is 2. The number of anilines is 4. The number of rotatable bonds is 9. The maximum absolute atomic E-state index is 12.4. The summed E-state index contributed by atoms with van der Waals surface area (Å²) in [5.41, 5.74) is 4.64.